The number of hydrogen-bond acceptors (Lipinski definition) is 3. The normalized spacial score (nSPS) is 12.2. The number of carboxylic acids is 2. The Hall–Kier alpha value is -0.650. The summed E-state index contributed by atoms with van der Waals surface area (Å²) in [6.45, 7) is 0. The van der Waals surface area contributed by atoms with Crippen LogP contribution in [0, 0.1) is 0 Å². The van der Waals surface area contributed by atoms with Gasteiger partial charge in [0.05, 0.1) is 0 Å². The van der Waals surface area contributed by atoms with E-state index in [-0.39, 0.29) is 0 Å². The van der Waals surface area contributed by atoms with Crippen LogP contribution in [0.15, 0.2) is 0 Å². The van der Waals surface area contributed by atoms with Crippen LogP contribution in [0.3, 0.4) is 0 Å². The van der Waals surface area contributed by atoms with Crippen LogP contribution >= 0.6 is 0 Å². The average Bonchev–Trinajstić information content (AvgIpc) is 1.84. The van der Waals surface area contributed by atoms with Gasteiger partial charge in [0, 0.05) is 0 Å². The molecular weight excluding hydrogens is 248 g/mol. The summed E-state index contributed by atoms with van der Waals surface area (Å²) in [7, 11) is 0. The number of hydrogen-bond donors (Lipinski definition) is 2. The van der Waals surface area contributed by atoms with E-state index in [1.807, 2.05) is 0 Å². The SMILES string of the molecule is O=C(O)CC(=O)[CH]([Ag])C(=O)O. The van der Waals surface area contributed by atoms with E-state index in [0.717, 1.165) is 0 Å². The molecule has 2 N–H and O–H groups in total. The van der Waals surface area contributed by atoms with Crippen LogP contribution in [0.25, 0.3) is 0 Å². The Bertz CT molecular complexity index is 199. The van der Waals surface area contributed by atoms with E-state index in [9.17, 15) is 14.4 Å². The van der Waals surface area contributed by atoms with E-state index in [4.69, 9.17) is 10.2 Å². The first-order chi connectivity index (χ1) is 4.95. The molecule has 0 fully saturated rings. The molecule has 0 aromatic carbocycles. The molecule has 0 bridgehead atoms. The van der Waals surface area contributed by atoms with Crippen LogP contribution in [-0.2, 0) is 35.5 Å². The van der Waals surface area contributed by atoms with Gasteiger partial charge in [-0.3, -0.25) is 0 Å². The third-order valence-electron chi connectivity index (χ3n) is 0.781. The van der Waals surface area contributed by atoms with E-state index in [1.54, 1.807) is 0 Å². The number of rotatable bonds is 4. The fourth-order valence-corrected chi connectivity index (χ4v) is 0.520. The molecule has 0 saturated carbocycles. The first-order valence-electron chi connectivity index (χ1n) is 2.52. The summed E-state index contributed by atoms with van der Waals surface area (Å²) in [5.41, 5.74) is 0. The molecule has 0 saturated heterocycles. The van der Waals surface area contributed by atoms with Gasteiger partial charge >= 0.3 is 73.9 Å². The maximum absolute atomic E-state index is 10.6. The molecule has 1 unspecified atom stereocenters. The van der Waals surface area contributed by atoms with Gasteiger partial charge in [-0.15, -0.1) is 0 Å². The van der Waals surface area contributed by atoms with Crippen LogP contribution in [0.1, 0.15) is 6.42 Å². The zero-order valence-corrected chi connectivity index (χ0v) is 6.69. The van der Waals surface area contributed by atoms with Gasteiger partial charge in [-0.1, -0.05) is 0 Å². The predicted octanol–water partition coefficient (Wildman–Crippen LogP) is -0.550. The van der Waals surface area contributed by atoms with Crippen molar-refractivity contribution in [3.63, 3.8) is 0 Å². The summed E-state index contributed by atoms with van der Waals surface area (Å²) in [6, 6.07) is 0. The van der Waals surface area contributed by atoms with Crippen LogP contribution in [0.4, 0.5) is 0 Å². The Morgan fingerprint density at radius 3 is 2.00 bits per heavy atom. The monoisotopic (exact) mass is 252 g/mol. The second-order valence-corrected chi connectivity index (χ2v) is 2.55. The summed E-state index contributed by atoms with van der Waals surface area (Å²) < 4.78 is -1.42. The average molecular weight is 253 g/mol. The van der Waals surface area contributed by atoms with E-state index < -0.39 is 28.3 Å². The zero-order valence-electron chi connectivity index (χ0n) is 5.21. The van der Waals surface area contributed by atoms with Crippen molar-refractivity contribution in [1.82, 2.24) is 0 Å². The molecule has 0 spiro atoms. The molecule has 0 heterocycles. The zero-order chi connectivity index (χ0) is 9.02. The Morgan fingerprint density at radius 2 is 1.73 bits per heavy atom. The third kappa shape index (κ3) is 3.92. The van der Waals surface area contributed by atoms with Gasteiger partial charge in [-0.2, -0.15) is 0 Å². The fourth-order valence-electron chi connectivity index (χ4n) is 0.369. The molecule has 11 heavy (non-hydrogen) atoms. The number of Topliss-reactive ketones (excluding diaryl/α,β-unsaturated/α-hetero) is 1. The van der Waals surface area contributed by atoms with Gasteiger partial charge in [0.2, 0.25) is 0 Å². The minimum atomic E-state index is -1.42. The van der Waals surface area contributed by atoms with Crippen molar-refractivity contribution in [2.45, 2.75) is 10.6 Å². The fraction of sp³-hybridized carbons (Fsp3) is 0.400. The molecule has 0 aliphatic rings. The van der Waals surface area contributed by atoms with Crippen molar-refractivity contribution >= 4 is 17.7 Å². The molecule has 0 amide bonds. The molecule has 0 aliphatic heterocycles. The molecular formula is C5H5AgO5. The molecule has 0 aromatic rings. The summed E-state index contributed by atoms with van der Waals surface area (Å²) in [5.74, 6) is -3.58. The Morgan fingerprint density at radius 1 is 1.27 bits per heavy atom. The van der Waals surface area contributed by atoms with Gasteiger partial charge < -0.3 is 0 Å². The summed E-state index contributed by atoms with van der Waals surface area (Å²) >= 11 is 2.54. The van der Waals surface area contributed by atoms with Gasteiger partial charge in [0.1, 0.15) is 0 Å². The Kier molecular flexibility index (Phi) is 4.02. The molecule has 1 atom stereocenters. The van der Waals surface area contributed by atoms with Crippen LogP contribution in [0.2, 0.25) is 4.14 Å². The maximum atomic E-state index is 10.6. The van der Waals surface area contributed by atoms with Crippen molar-refractivity contribution in [2.24, 2.45) is 0 Å². The van der Waals surface area contributed by atoms with E-state index in [0.29, 0.717) is 0 Å². The molecule has 0 aromatic heterocycles. The van der Waals surface area contributed by atoms with Gasteiger partial charge in [-0.25, -0.2) is 0 Å². The standard InChI is InChI=1S/C5H5O5.Ag/c6-3(1-4(7)8)2-5(9)10;/h1H,2H2,(H,7,8)(H,9,10);. The second kappa shape index (κ2) is 4.27. The van der Waals surface area contributed by atoms with E-state index in [1.165, 1.54) is 0 Å². The van der Waals surface area contributed by atoms with Crippen molar-refractivity contribution < 1.29 is 45.7 Å². The van der Waals surface area contributed by atoms with Crippen molar-refractivity contribution in [1.29, 1.82) is 0 Å². The van der Waals surface area contributed by atoms with Gasteiger partial charge in [0.15, 0.2) is 0 Å². The van der Waals surface area contributed by atoms with Crippen LogP contribution in [-0.4, -0.2) is 27.9 Å². The van der Waals surface area contributed by atoms with Gasteiger partial charge in [0.25, 0.3) is 0 Å². The topological polar surface area (TPSA) is 91.7 Å². The van der Waals surface area contributed by atoms with E-state index in [2.05, 4.69) is 21.1 Å². The van der Waals surface area contributed by atoms with Crippen LogP contribution < -0.4 is 0 Å². The minimum absolute atomic E-state index is 0.776. The van der Waals surface area contributed by atoms with Crippen molar-refractivity contribution in [3.05, 3.63) is 0 Å². The first kappa shape index (κ1) is 10.4. The summed E-state index contributed by atoms with van der Waals surface area (Å²) in [4.78, 5) is 30.5. The number of carboxylic acid groups (broad SMARTS) is 2. The molecule has 66 valence electrons. The number of carbonyl (C=O) groups is 3. The molecule has 0 radical (unpaired) electrons. The Balaban J connectivity index is 4.04. The molecule has 5 nitrogen and oxygen atoms in total. The van der Waals surface area contributed by atoms with Crippen molar-refractivity contribution in [3.8, 4) is 0 Å². The van der Waals surface area contributed by atoms with E-state index >= 15 is 0 Å². The number of ketones is 1. The summed E-state index contributed by atoms with van der Waals surface area (Å²) in [5, 5.41) is 16.3. The molecule has 0 aliphatic carbocycles. The predicted molar refractivity (Wildman–Crippen MR) is 28.6 cm³/mol. The van der Waals surface area contributed by atoms with Crippen LogP contribution in [0.5, 0.6) is 0 Å². The third-order valence-corrected chi connectivity index (χ3v) is 1.62. The quantitative estimate of drug-likeness (QED) is 0.518. The number of carbonyl (C=O) groups excluding carboxylic acids is 1. The Labute approximate surface area is 74.3 Å². The van der Waals surface area contributed by atoms with Crippen molar-refractivity contribution in [2.75, 3.05) is 0 Å². The summed E-state index contributed by atoms with van der Waals surface area (Å²) in [6.07, 6.45) is -0.776. The first-order valence-corrected chi connectivity index (χ1v) is 3.37. The number of aliphatic carboxylic acids is 2. The molecule has 0 rings (SSSR count). The molecule has 6 heteroatoms. The second-order valence-electron chi connectivity index (χ2n) is 1.69. The van der Waals surface area contributed by atoms with Gasteiger partial charge in [-0.05, 0) is 0 Å².